The number of nitrogens with zero attached hydrogens (tertiary/aromatic N) is 1. The van der Waals surface area contributed by atoms with Gasteiger partial charge >= 0.3 is 0 Å². The maximum atomic E-state index is 6.20. The van der Waals surface area contributed by atoms with E-state index in [4.69, 9.17) is 17.3 Å². The first-order valence-electron chi connectivity index (χ1n) is 6.69. The minimum absolute atomic E-state index is 0.0696. The van der Waals surface area contributed by atoms with Crippen LogP contribution in [0.5, 0.6) is 0 Å². The van der Waals surface area contributed by atoms with Crippen LogP contribution in [0.4, 0.5) is 0 Å². The van der Waals surface area contributed by atoms with Crippen molar-refractivity contribution in [1.82, 2.24) is 4.90 Å². The van der Waals surface area contributed by atoms with Gasteiger partial charge in [-0.3, -0.25) is 4.90 Å². The summed E-state index contributed by atoms with van der Waals surface area (Å²) in [5, 5.41) is 0.772. The van der Waals surface area contributed by atoms with Crippen LogP contribution < -0.4 is 5.73 Å². The van der Waals surface area contributed by atoms with Gasteiger partial charge in [-0.05, 0) is 57.0 Å². The molecule has 0 saturated carbocycles. The third-order valence-electron chi connectivity index (χ3n) is 3.56. The van der Waals surface area contributed by atoms with Gasteiger partial charge in [0.05, 0.1) is 0 Å². The Labute approximate surface area is 126 Å². The second kappa shape index (κ2) is 8.15. The van der Waals surface area contributed by atoms with Crippen LogP contribution in [-0.4, -0.2) is 36.0 Å². The van der Waals surface area contributed by atoms with Gasteiger partial charge in [-0.2, -0.15) is 11.8 Å². The van der Waals surface area contributed by atoms with Crippen LogP contribution in [0.2, 0.25) is 5.02 Å². The molecule has 0 bridgehead atoms. The molecule has 0 spiro atoms. The summed E-state index contributed by atoms with van der Waals surface area (Å²) in [5.74, 6) is 1.17. The number of benzene rings is 1. The largest absolute Gasteiger partial charge is 0.326 e. The van der Waals surface area contributed by atoms with Crippen molar-refractivity contribution < 1.29 is 0 Å². The van der Waals surface area contributed by atoms with Crippen molar-refractivity contribution in [3.63, 3.8) is 0 Å². The predicted octanol–water partition coefficient (Wildman–Crippen LogP) is 3.80. The van der Waals surface area contributed by atoms with E-state index < -0.39 is 0 Å². The highest BCUT2D eigenvalue weighted by Gasteiger charge is 2.24. The van der Waals surface area contributed by atoms with E-state index in [1.807, 2.05) is 30.0 Å². The summed E-state index contributed by atoms with van der Waals surface area (Å²) < 4.78 is 0. The van der Waals surface area contributed by atoms with Gasteiger partial charge in [0.25, 0.3) is 0 Å². The van der Waals surface area contributed by atoms with Gasteiger partial charge in [0, 0.05) is 23.1 Å². The van der Waals surface area contributed by atoms with Crippen molar-refractivity contribution in [1.29, 1.82) is 0 Å². The van der Waals surface area contributed by atoms with Crippen LogP contribution in [0, 0.1) is 0 Å². The summed E-state index contributed by atoms with van der Waals surface area (Å²) >= 11 is 7.99. The molecular weight excluding hydrogens is 276 g/mol. The molecule has 3 atom stereocenters. The molecule has 0 fully saturated rings. The third-order valence-corrected chi connectivity index (χ3v) is 4.44. The normalized spacial score (nSPS) is 16.4. The van der Waals surface area contributed by atoms with Crippen molar-refractivity contribution in [2.45, 2.75) is 38.4 Å². The highest BCUT2D eigenvalue weighted by Crippen LogP contribution is 2.27. The van der Waals surface area contributed by atoms with E-state index in [1.54, 1.807) is 0 Å². The lowest BCUT2D eigenvalue weighted by Gasteiger charge is -2.36. The Hall–Kier alpha value is -0.220. The quantitative estimate of drug-likeness (QED) is 0.830. The molecule has 0 saturated heterocycles. The molecule has 0 radical (unpaired) electrons. The smallest absolute Gasteiger partial charge is 0.0496 e. The molecule has 0 aliphatic rings. The van der Waals surface area contributed by atoms with Gasteiger partial charge in [0.2, 0.25) is 0 Å². The summed E-state index contributed by atoms with van der Waals surface area (Å²) in [6.07, 6.45) is 3.31. The lowest BCUT2D eigenvalue weighted by atomic mass is 9.98. The predicted molar refractivity (Wildman–Crippen MR) is 88.1 cm³/mol. The number of likely N-dealkylation sites (N-methyl/N-ethyl adjacent to an activating group) is 1. The van der Waals surface area contributed by atoms with E-state index in [9.17, 15) is 0 Å². The monoisotopic (exact) mass is 300 g/mol. The number of thioether (sulfide) groups is 1. The fraction of sp³-hybridized carbons (Fsp3) is 0.600. The number of halogens is 1. The fourth-order valence-electron chi connectivity index (χ4n) is 2.37. The average Bonchev–Trinajstić information content (AvgIpc) is 2.35. The fourth-order valence-corrected chi connectivity index (χ4v) is 3.14. The van der Waals surface area contributed by atoms with Gasteiger partial charge in [-0.25, -0.2) is 0 Å². The van der Waals surface area contributed by atoms with Gasteiger partial charge < -0.3 is 5.73 Å². The van der Waals surface area contributed by atoms with Crippen LogP contribution >= 0.6 is 23.4 Å². The van der Waals surface area contributed by atoms with E-state index in [-0.39, 0.29) is 12.1 Å². The summed E-state index contributed by atoms with van der Waals surface area (Å²) in [6.45, 7) is 4.32. The maximum absolute atomic E-state index is 6.20. The molecule has 1 rings (SSSR count). The van der Waals surface area contributed by atoms with Crippen molar-refractivity contribution >= 4 is 23.4 Å². The Balaban J connectivity index is 2.88. The third kappa shape index (κ3) is 4.99. The molecule has 0 amide bonds. The Kier molecular flexibility index (Phi) is 7.22. The Morgan fingerprint density at radius 2 is 2.05 bits per heavy atom. The van der Waals surface area contributed by atoms with Crippen LogP contribution in [0.15, 0.2) is 24.3 Å². The zero-order chi connectivity index (χ0) is 14.4. The molecule has 2 nitrogen and oxygen atoms in total. The molecule has 1 aromatic carbocycles. The van der Waals surface area contributed by atoms with Crippen molar-refractivity contribution in [2.24, 2.45) is 5.73 Å². The number of hydrogen-bond donors (Lipinski definition) is 1. The van der Waals surface area contributed by atoms with Gasteiger partial charge in [0.1, 0.15) is 0 Å². The van der Waals surface area contributed by atoms with E-state index in [0.29, 0.717) is 6.04 Å². The highest BCUT2D eigenvalue weighted by atomic mass is 35.5. The molecule has 0 heterocycles. The first-order chi connectivity index (χ1) is 8.97. The standard InChI is InChI=1S/C15H25ClN2S/c1-11(8-9-19-4)18(3)15(12(2)17)13-6-5-7-14(16)10-13/h5-7,10-12,15H,8-9,17H2,1-4H3. The van der Waals surface area contributed by atoms with E-state index in [2.05, 4.69) is 38.1 Å². The van der Waals surface area contributed by atoms with Gasteiger partial charge in [0.15, 0.2) is 0 Å². The molecule has 0 aromatic heterocycles. The molecule has 3 unspecified atom stereocenters. The Morgan fingerprint density at radius 1 is 1.37 bits per heavy atom. The van der Waals surface area contributed by atoms with Crippen molar-refractivity contribution in [3.05, 3.63) is 34.9 Å². The highest BCUT2D eigenvalue weighted by molar-refractivity contribution is 7.98. The molecule has 2 N–H and O–H groups in total. The molecule has 0 aliphatic heterocycles. The molecule has 1 aromatic rings. The minimum atomic E-state index is 0.0696. The first-order valence-corrected chi connectivity index (χ1v) is 8.46. The molecule has 0 aliphatic carbocycles. The minimum Gasteiger partial charge on any atom is -0.326 e. The first kappa shape index (κ1) is 16.8. The van der Waals surface area contributed by atoms with Gasteiger partial charge in [-0.1, -0.05) is 23.7 Å². The molecule has 108 valence electrons. The van der Waals surface area contributed by atoms with E-state index in [1.165, 1.54) is 17.7 Å². The zero-order valence-electron chi connectivity index (χ0n) is 12.3. The average molecular weight is 301 g/mol. The van der Waals surface area contributed by atoms with E-state index in [0.717, 1.165) is 5.02 Å². The number of nitrogens with two attached hydrogens (primary N) is 1. The van der Waals surface area contributed by atoms with Crippen LogP contribution in [0.1, 0.15) is 31.9 Å². The molecule has 19 heavy (non-hydrogen) atoms. The van der Waals surface area contributed by atoms with Crippen molar-refractivity contribution in [2.75, 3.05) is 19.1 Å². The van der Waals surface area contributed by atoms with Crippen molar-refractivity contribution in [3.8, 4) is 0 Å². The van der Waals surface area contributed by atoms with Crippen LogP contribution in [-0.2, 0) is 0 Å². The zero-order valence-corrected chi connectivity index (χ0v) is 13.8. The summed E-state index contributed by atoms with van der Waals surface area (Å²) in [5.41, 5.74) is 7.39. The Bertz CT molecular complexity index is 384. The lowest BCUT2D eigenvalue weighted by molar-refractivity contribution is 0.162. The Morgan fingerprint density at radius 3 is 2.58 bits per heavy atom. The maximum Gasteiger partial charge on any atom is 0.0496 e. The lowest BCUT2D eigenvalue weighted by Crippen LogP contribution is -2.42. The summed E-state index contributed by atoms with van der Waals surface area (Å²) in [4.78, 5) is 2.37. The van der Waals surface area contributed by atoms with E-state index >= 15 is 0 Å². The summed E-state index contributed by atoms with van der Waals surface area (Å²) in [7, 11) is 2.15. The topological polar surface area (TPSA) is 29.3 Å². The summed E-state index contributed by atoms with van der Waals surface area (Å²) in [6, 6.07) is 8.80. The second-order valence-corrected chi connectivity index (χ2v) is 6.58. The second-order valence-electron chi connectivity index (χ2n) is 5.15. The number of hydrogen-bond acceptors (Lipinski definition) is 3. The SMILES string of the molecule is CSCCC(C)N(C)C(c1cccc(Cl)c1)C(C)N. The van der Waals surface area contributed by atoms with Crippen LogP contribution in [0.25, 0.3) is 0 Å². The molecular formula is C15H25ClN2S. The number of rotatable bonds is 7. The molecule has 4 heteroatoms. The van der Waals surface area contributed by atoms with Crippen LogP contribution in [0.3, 0.4) is 0 Å². The van der Waals surface area contributed by atoms with Gasteiger partial charge in [-0.15, -0.1) is 0 Å².